The van der Waals surface area contributed by atoms with Crippen LogP contribution in [0.4, 0.5) is 4.79 Å². The maximum Gasteiger partial charge on any atom is 0.410 e. The van der Waals surface area contributed by atoms with Crippen molar-refractivity contribution in [3.63, 3.8) is 0 Å². The molecule has 2 amide bonds. The molecule has 0 aliphatic carbocycles. The molecule has 0 spiro atoms. The van der Waals surface area contributed by atoms with Gasteiger partial charge in [-0.25, -0.2) is 14.8 Å². The molecule has 2 aromatic heterocycles. The minimum absolute atomic E-state index is 0.0842. The van der Waals surface area contributed by atoms with Gasteiger partial charge in [-0.05, 0) is 72.8 Å². The quantitative estimate of drug-likeness (QED) is 0.237. The van der Waals surface area contributed by atoms with Crippen molar-refractivity contribution in [2.75, 3.05) is 66.6 Å². The Labute approximate surface area is 276 Å². The van der Waals surface area contributed by atoms with Gasteiger partial charge in [0.15, 0.2) is 5.65 Å². The molecule has 0 atom stereocenters. The van der Waals surface area contributed by atoms with Gasteiger partial charge in [0.05, 0.1) is 32.2 Å². The van der Waals surface area contributed by atoms with Gasteiger partial charge in [-0.2, -0.15) is 0 Å². The van der Waals surface area contributed by atoms with Crippen molar-refractivity contribution in [2.24, 2.45) is 0 Å². The second-order valence-electron chi connectivity index (χ2n) is 12.7. The number of imidazole rings is 1. The van der Waals surface area contributed by atoms with E-state index in [0.29, 0.717) is 55.9 Å². The molecule has 1 aliphatic heterocycles. The molecule has 4 rings (SSSR count). The first-order valence-electron chi connectivity index (χ1n) is 16.1. The summed E-state index contributed by atoms with van der Waals surface area (Å²) in [4.78, 5) is 52.6. The Morgan fingerprint density at radius 1 is 1.00 bits per heavy atom. The van der Waals surface area contributed by atoms with Crippen LogP contribution < -0.4 is 4.74 Å². The number of fused-ring (bicyclic) bond motifs is 1. The van der Waals surface area contributed by atoms with E-state index in [0.717, 1.165) is 17.9 Å². The molecule has 0 saturated carbocycles. The topological polar surface area (TPSA) is 129 Å². The third-order valence-corrected chi connectivity index (χ3v) is 7.51. The highest BCUT2D eigenvalue weighted by atomic mass is 16.6. The van der Waals surface area contributed by atoms with Crippen LogP contribution >= 0.6 is 0 Å². The van der Waals surface area contributed by atoms with Gasteiger partial charge in [0.2, 0.25) is 0 Å². The lowest BCUT2D eigenvalue weighted by atomic mass is 10.1. The van der Waals surface area contributed by atoms with Crippen LogP contribution in [0, 0.1) is 0 Å². The number of pyridine rings is 1. The number of ether oxygens (including phenoxy) is 4. The lowest BCUT2D eigenvalue weighted by Crippen LogP contribution is -2.44. The van der Waals surface area contributed by atoms with Gasteiger partial charge in [0.25, 0.3) is 5.91 Å². The summed E-state index contributed by atoms with van der Waals surface area (Å²) < 4.78 is 24.5. The number of likely N-dealkylation sites (N-methyl/N-ethyl adjacent to an activating group) is 1. The minimum Gasteiger partial charge on any atom is -0.492 e. The number of hydrogen-bond donors (Lipinski definition) is 0. The van der Waals surface area contributed by atoms with Crippen LogP contribution in [0.25, 0.3) is 11.2 Å². The molecule has 13 nitrogen and oxygen atoms in total. The van der Waals surface area contributed by atoms with Crippen molar-refractivity contribution in [1.29, 1.82) is 0 Å². The van der Waals surface area contributed by atoms with Crippen LogP contribution in [0.2, 0.25) is 0 Å². The van der Waals surface area contributed by atoms with Crippen molar-refractivity contribution >= 4 is 29.1 Å². The monoisotopic (exact) mass is 652 g/mol. The first-order valence-corrected chi connectivity index (χ1v) is 16.1. The number of para-hydroxylation sites is 1. The number of carbonyl (C=O) groups is 3. The summed E-state index contributed by atoms with van der Waals surface area (Å²) in [5, 5.41) is 0. The molecule has 1 fully saturated rings. The third kappa shape index (κ3) is 10.6. The van der Waals surface area contributed by atoms with E-state index in [9.17, 15) is 14.4 Å². The van der Waals surface area contributed by atoms with Gasteiger partial charge in [-0.15, -0.1) is 0 Å². The number of carbonyl (C=O) groups excluding carboxylic acids is 3. The lowest BCUT2D eigenvalue weighted by molar-refractivity contribution is -0.144. The van der Waals surface area contributed by atoms with Crippen molar-refractivity contribution < 1.29 is 33.3 Å². The average molecular weight is 653 g/mol. The zero-order valence-corrected chi connectivity index (χ0v) is 28.4. The molecule has 0 bridgehead atoms. The molecule has 0 N–H and O–H groups in total. The number of amides is 2. The zero-order valence-electron chi connectivity index (χ0n) is 28.4. The van der Waals surface area contributed by atoms with Crippen LogP contribution in [0.1, 0.15) is 56.6 Å². The van der Waals surface area contributed by atoms with E-state index in [1.54, 1.807) is 45.0 Å². The van der Waals surface area contributed by atoms with Gasteiger partial charge in [0, 0.05) is 31.7 Å². The normalized spacial score (nSPS) is 14.0. The van der Waals surface area contributed by atoms with E-state index >= 15 is 0 Å². The molecule has 3 heterocycles. The van der Waals surface area contributed by atoms with Crippen LogP contribution in [0.3, 0.4) is 0 Å². The summed E-state index contributed by atoms with van der Waals surface area (Å²) in [6, 6.07) is 11.5. The third-order valence-electron chi connectivity index (χ3n) is 7.51. The average Bonchev–Trinajstić information content (AvgIpc) is 3.42. The van der Waals surface area contributed by atoms with Gasteiger partial charge in [0.1, 0.15) is 35.7 Å². The Morgan fingerprint density at radius 3 is 2.45 bits per heavy atom. The van der Waals surface area contributed by atoms with Crippen LogP contribution in [-0.2, 0) is 25.5 Å². The molecular weight excluding hydrogens is 604 g/mol. The number of nitrogens with zero attached hydrogens (tertiary/aromatic N) is 6. The highest BCUT2D eigenvalue weighted by Gasteiger charge is 2.27. The SMILES string of the molecule is CCOC(=O)CN(CCOC1CCN(C(=O)c2ccc3ncn(Cc4ccccc4OCCN(C)C)c3n2)CC1)C(=O)OC(C)(C)C. The van der Waals surface area contributed by atoms with E-state index in [4.69, 9.17) is 23.9 Å². The van der Waals surface area contributed by atoms with Gasteiger partial charge in [-0.3, -0.25) is 14.5 Å². The second kappa shape index (κ2) is 16.6. The number of piperidine rings is 1. The number of esters is 1. The molecule has 0 radical (unpaired) electrons. The fraction of sp³-hybridized carbons (Fsp3) is 0.559. The molecule has 0 unspecified atom stereocenters. The zero-order chi connectivity index (χ0) is 34.0. The molecule has 47 heavy (non-hydrogen) atoms. The molecule has 3 aromatic rings. The Kier molecular flexibility index (Phi) is 12.5. The van der Waals surface area contributed by atoms with E-state index in [2.05, 4.69) is 9.88 Å². The van der Waals surface area contributed by atoms with Crippen molar-refractivity contribution in [2.45, 2.75) is 58.8 Å². The second-order valence-corrected chi connectivity index (χ2v) is 12.7. The van der Waals surface area contributed by atoms with Crippen LogP contribution in [0.15, 0.2) is 42.7 Å². The molecule has 1 aromatic carbocycles. The van der Waals surface area contributed by atoms with Crippen LogP contribution in [-0.4, -0.2) is 126 Å². The molecule has 13 heteroatoms. The van der Waals surface area contributed by atoms with Crippen molar-refractivity contribution in [1.82, 2.24) is 29.2 Å². The maximum atomic E-state index is 13.5. The van der Waals surface area contributed by atoms with E-state index in [1.165, 1.54) is 4.90 Å². The highest BCUT2D eigenvalue weighted by Crippen LogP contribution is 2.22. The molecule has 256 valence electrons. The Morgan fingerprint density at radius 2 is 1.74 bits per heavy atom. The first-order chi connectivity index (χ1) is 22.4. The summed E-state index contributed by atoms with van der Waals surface area (Å²) in [5.74, 6) is 0.163. The molecular formula is C34H48N6O7. The maximum absolute atomic E-state index is 13.5. The van der Waals surface area contributed by atoms with E-state index in [1.807, 2.05) is 49.0 Å². The number of hydrogen-bond acceptors (Lipinski definition) is 10. The van der Waals surface area contributed by atoms with Crippen LogP contribution in [0.5, 0.6) is 5.75 Å². The Bertz CT molecular complexity index is 1490. The first kappa shape index (κ1) is 35.6. The number of rotatable bonds is 14. The van der Waals surface area contributed by atoms with Gasteiger partial charge >= 0.3 is 12.1 Å². The predicted molar refractivity (Wildman–Crippen MR) is 176 cm³/mol. The number of likely N-dealkylation sites (tertiary alicyclic amines) is 1. The Balaban J connectivity index is 1.32. The predicted octanol–water partition coefficient (Wildman–Crippen LogP) is 3.84. The van der Waals surface area contributed by atoms with E-state index in [-0.39, 0.29) is 38.3 Å². The van der Waals surface area contributed by atoms with E-state index < -0.39 is 17.7 Å². The summed E-state index contributed by atoms with van der Waals surface area (Å²) >= 11 is 0. The summed E-state index contributed by atoms with van der Waals surface area (Å²) in [6.45, 7) is 10.4. The fourth-order valence-electron chi connectivity index (χ4n) is 5.11. The summed E-state index contributed by atoms with van der Waals surface area (Å²) in [7, 11) is 4.02. The number of aromatic nitrogens is 3. The van der Waals surface area contributed by atoms with Crippen molar-refractivity contribution in [3.05, 3.63) is 54.0 Å². The number of benzene rings is 1. The van der Waals surface area contributed by atoms with Gasteiger partial charge in [-0.1, -0.05) is 18.2 Å². The molecule has 1 saturated heterocycles. The summed E-state index contributed by atoms with van der Waals surface area (Å²) in [6.07, 6.45) is 2.33. The Hall–Kier alpha value is -4.23. The highest BCUT2D eigenvalue weighted by molar-refractivity contribution is 5.94. The fourth-order valence-corrected chi connectivity index (χ4v) is 5.11. The smallest absolute Gasteiger partial charge is 0.410 e. The standard InChI is InChI=1S/C34H48N6O7/c1-7-44-30(41)23-39(33(43)47-34(2,3)4)19-21-45-26-14-16-38(17-15-26)32(42)28-13-12-27-31(36-28)40(24-35-27)22-25-10-8-9-11-29(25)46-20-18-37(5)6/h8-13,24,26H,7,14-23H2,1-6H3. The largest absolute Gasteiger partial charge is 0.492 e. The minimum atomic E-state index is -0.699. The summed E-state index contributed by atoms with van der Waals surface area (Å²) in [5.41, 5.74) is 2.01. The molecule has 1 aliphatic rings. The lowest BCUT2D eigenvalue weighted by Gasteiger charge is -2.32. The van der Waals surface area contributed by atoms with Crippen molar-refractivity contribution in [3.8, 4) is 5.75 Å². The van der Waals surface area contributed by atoms with Gasteiger partial charge < -0.3 is 33.3 Å².